The molecule has 0 bridgehead atoms. The van der Waals surface area contributed by atoms with E-state index in [9.17, 15) is 25.9 Å². The maximum Gasteiger partial charge on any atom is 0.295 e. The number of hydrogen-bond acceptors (Lipinski definition) is 6. The van der Waals surface area contributed by atoms with Gasteiger partial charge in [0.25, 0.3) is 20.2 Å². The van der Waals surface area contributed by atoms with Crippen molar-refractivity contribution in [3.8, 4) is 0 Å². The van der Waals surface area contributed by atoms with Crippen LogP contribution in [0.3, 0.4) is 0 Å². The van der Waals surface area contributed by atoms with Crippen LogP contribution in [0.4, 0.5) is 17.1 Å². The molecule has 0 atom stereocenters. The van der Waals surface area contributed by atoms with E-state index >= 15 is 0 Å². The highest BCUT2D eigenvalue weighted by atomic mass is 32.2. The molecule has 0 saturated heterocycles. The SMILES string of the molecule is CCc1cc(C)cc(CC)c1N=C1C=CC(=C(c2ccc(Nc3c(CC)cc(C)cc3CC)c(C)c2)c2ccc(S(=O)(=O)O)cc2S(=O)(=O)O)C=C1C. The van der Waals surface area contributed by atoms with Crippen LogP contribution in [0.5, 0.6) is 0 Å². The van der Waals surface area contributed by atoms with Gasteiger partial charge in [-0.1, -0.05) is 81.3 Å². The third kappa shape index (κ3) is 8.63. The molecule has 0 saturated carbocycles. The van der Waals surface area contributed by atoms with Gasteiger partial charge in [-0.15, -0.1) is 0 Å². The first kappa shape index (κ1) is 39.6. The molecule has 0 unspecified atom stereocenters. The van der Waals surface area contributed by atoms with Crippen molar-refractivity contribution in [1.29, 1.82) is 0 Å². The number of anilines is 2. The molecule has 5 rings (SSSR count). The van der Waals surface area contributed by atoms with Gasteiger partial charge in [0.2, 0.25) is 0 Å². The molecule has 0 aromatic heterocycles. The Morgan fingerprint density at radius 3 is 1.74 bits per heavy atom. The van der Waals surface area contributed by atoms with E-state index in [4.69, 9.17) is 4.99 Å². The zero-order valence-electron chi connectivity index (χ0n) is 31.6. The van der Waals surface area contributed by atoms with Crippen molar-refractivity contribution in [3.05, 3.63) is 140 Å². The fourth-order valence-electron chi connectivity index (χ4n) is 6.99. The maximum absolute atomic E-state index is 12.9. The van der Waals surface area contributed by atoms with Crippen LogP contribution in [-0.4, -0.2) is 31.7 Å². The third-order valence-electron chi connectivity index (χ3n) is 9.67. The van der Waals surface area contributed by atoms with Gasteiger partial charge in [0.15, 0.2) is 0 Å². The Balaban J connectivity index is 1.73. The van der Waals surface area contributed by atoms with Crippen molar-refractivity contribution in [2.45, 2.75) is 90.9 Å². The summed E-state index contributed by atoms with van der Waals surface area (Å²) in [5.41, 5.74) is 14.3. The van der Waals surface area contributed by atoms with E-state index in [-0.39, 0.29) is 5.56 Å². The van der Waals surface area contributed by atoms with Gasteiger partial charge in [-0.05, 0) is 140 Å². The van der Waals surface area contributed by atoms with Crippen molar-refractivity contribution in [1.82, 2.24) is 0 Å². The minimum atomic E-state index is -4.96. The van der Waals surface area contributed by atoms with Crippen LogP contribution in [0.2, 0.25) is 0 Å². The Hall–Kier alpha value is -4.61. The first-order chi connectivity index (χ1) is 25.0. The summed E-state index contributed by atoms with van der Waals surface area (Å²) in [5.74, 6) is 0. The van der Waals surface area contributed by atoms with E-state index in [0.29, 0.717) is 16.7 Å². The van der Waals surface area contributed by atoms with Gasteiger partial charge in [0, 0.05) is 16.9 Å². The summed E-state index contributed by atoms with van der Waals surface area (Å²) in [5, 5.41) is 3.65. The highest BCUT2D eigenvalue weighted by molar-refractivity contribution is 7.86. The van der Waals surface area contributed by atoms with Crippen molar-refractivity contribution in [3.63, 3.8) is 0 Å². The van der Waals surface area contributed by atoms with Gasteiger partial charge in [0.1, 0.15) is 4.90 Å². The summed E-state index contributed by atoms with van der Waals surface area (Å²) >= 11 is 0. The topological polar surface area (TPSA) is 133 Å². The van der Waals surface area contributed by atoms with Crippen LogP contribution in [0, 0.1) is 20.8 Å². The quantitative estimate of drug-likeness (QED) is 0.130. The molecule has 4 aromatic rings. The molecule has 1 aliphatic carbocycles. The molecule has 278 valence electrons. The largest absolute Gasteiger partial charge is 0.355 e. The van der Waals surface area contributed by atoms with Gasteiger partial charge < -0.3 is 5.32 Å². The molecule has 3 N–H and O–H groups in total. The predicted molar refractivity (Wildman–Crippen MR) is 216 cm³/mol. The molecule has 8 nitrogen and oxygen atoms in total. The number of nitrogens with one attached hydrogen (secondary N) is 1. The summed E-state index contributed by atoms with van der Waals surface area (Å²) in [7, 11) is -9.74. The molecule has 1 aliphatic rings. The van der Waals surface area contributed by atoms with E-state index in [1.54, 1.807) is 0 Å². The van der Waals surface area contributed by atoms with Crippen LogP contribution >= 0.6 is 0 Å². The number of hydrogen-bond donors (Lipinski definition) is 3. The maximum atomic E-state index is 12.9. The number of aliphatic imine (C=N–C) groups is 1. The van der Waals surface area contributed by atoms with Crippen molar-refractivity contribution >= 4 is 48.6 Å². The van der Waals surface area contributed by atoms with Gasteiger partial charge in [0.05, 0.1) is 16.3 Å². The van der Waals surface area contributed by atoms with Gasteiger partial charge in [-0.3, -0.25) is 9.11 Å². The standard InChI is InChI=1S/C43H48N2O6S2/c1-9-30-19-26(5)20-31(10-2)42(30)44-38-17-13-34(23-28(38)7)41(37-16-15-36(52(46,47)48)25-40(37)53(49,50)51)35-14-18-39(29(8)24-35)45-43-32(11-3)21-27(6)22-33(43)12-4/h13-25,44H,9-12H2,1-8H3,(H,46,47,48)(H,49,50,51). The molecular weight excluding hydrogens is 705 g/mol. The number of allylic oxidation sites excluding steroid dienone is 5. The Labute approximate surface area is 314 Å². The summed E-state index contributed by atoms with van der Waals surface area (Å²) in [6.07, 6.45) is 9.03. The lowest BCUT2D eigenvalue weighted by Crippen LogP contribution is -2.09. The first-order valence-electron chi connectivity index (χ1n) is 17.9. The summed E-state index contributed by atoms with van der Waals surface area (Å²) < 4.78 is 70.1. The molecule has 0 heterocycles. The van der Waals surface area contributed by atoms with E-state index in [2.05, 4.69) is 71.1 Å². The van der Waals surface area contributed by atoms with Crippen LogP contribution < -0.4 is 5.32 Å². The van der Waals surface area contributed by atoms with Gasteiger partial charge in [-0.2, -0.15) is 16.8 Å². The van der Waals surface area contributed by atoms with Gasteiger partial charge >= 0.3 is 0 Å². The van der Waals surface area contributed by atoms with Crippen molar-refractivity contribution < 1.29 is 25.9 Å². The fourth-order valence-corrected chi connectivity index (χ4v) is 8.29. The zero-order chi connectivity index (χ0) is 38.8. The number of nitrogens with zero attached hydrogens (tertiary/aromatic N) is 1. The minimum absolute atomic E-state index is 0.0734. The zero-order valence-corrected chi connectivity index (χ0v) is 33.3. The van der Waals surface area contributed by atoms with Crippen molar-refractivity contribution in [2.24, 2.45) is 4.99 Å². The van der Waals surface area contributed by atoms with Crippen LogP contribution in [0.25, 0.3) is 5.57 Å². The second-order valence-electron chi connectivity index (χ2n) is 13.6. The van der Waals surface area contributed by atoms with Crippen molar-refractivity contribution in [2.75, 3.05) is 5.32 Å². The minimum Gasteiger partial charge on any atom is -0.355 e. The van der Waals surface area contributed by atoms with E-state index in [1.807, 2.05) is 50.3 Å². The second kappa shape index (κ2) is 15.8. The Kier molecular flexibility index (Phi) is 11.8. The van der Waals surface area contributed by atoms with Crippen LogP contribution in [0.1, 0.15) is 84.7 Å². The highest BCUT2D eigenvalue weighted by Gasteiger charge is 2.25. The normalized spacial score (nSPS) is 15.1. The fraction of sp³-hybridized carbons (Fsp3) is 0.279. The van der Waals surface area contributed by atoms with Crippen LogP contribution in [-0.2, 0) is 45.9 Å². The number of rotatable bonds is 11. The van der Waals surface area contributed by atoms with E-state index < -0.39 is 30.0 Å². The second-order valence-corrected chi connectivity index (χ2v) is 16.4. The molecule has 0 spiro atoms. The molecule has 0 aliphatic heterocycles. The molecule has 0 fully saturated rings. The lowest BCUT2D eigenvalue weighted by Gasteiger charge is -2.21. The Morgan fingerprint density at radius 2 is 1.25 bits per heavy atom. The third-order valence-corrected chi connectivity index (χ3v) is 11.4. The van der Waals surface area contributed by atoms with Crippen LogP contribution in [0.15, 0.2) is 105 Å². The predicted octanol–water partition coefficient (Wildman–Crippen LogP) is 10.2. The average Bonchev–Trinajstić information content (AvgIpc) is 3.10. The van der Waals surface area contributed by atoms with Gasteiger partial charge in [-0.25, -0.2) is 4.99 Å². The highest BCUT2D eigenvalue weighted by Crippen LogP contribution is 2.38. The number of aryl methyl sites for hydroxylation is 7. The molecular formula is C43H48N2O6S2. The molecule has 0 radical (unpaired) electrons. The summed E-state index contributed by atoms with van der Waals surface area (Å²) in [6, 6.07) is 17.7. The number of benzene rings is 4. The smallest absolute Gasteiger partial charge is 0.295 e. The Morgan fingerprint density at radius 1 is 0.679 bits per heavy atom. The Bertz CT molecular complexity index is 2400. The van der Waals surface area contributed by atoms with E-state index in [0.717, 1.165) is 82.9 Å². The first-order valence-corrected chi connectivity index (χ1v) is 20.8. The molecule has 53 heavy (non-hydrogen) atoms. The molecule has 10 heteroatoms. The summed E-state index contributed by atoms with van der Waals surface area (Å²) in [4.78, 5) is 3.82. The lowest BCUT2D eigenvalue weighted by molar-refractivity contribution is 0.481. The lowest BCUT2D eigenvalue weighted by atomic mass is 9.88. The van der Waals surface area contributed by atoms with E-state index in [1.165, 1.54) is 28.3 Å². The monoisotopic (exact) mass is 752 g/mol. The average molecular weight is 753 g/mol. The molecule has 4 aromatic carbocycles. The molecule has 0 amide bonds. The summed E-state index contributed by atoms with van der Waals surface area (Å²) in [6.45, 7) is 16.6.